The third-order valence-corrected chi connectivity index (χ3v) is 6.17. The number of nitrogens with one attached hydrogen (secondary N) is 1. The molecule has 0 heterocycles. The van der Waals surface area contributed by atoms with Gasteiger partial charge >= 0.3 is 0 Å². The van der Waals surface area contributed by atoms with E-state index in [1.165, 1.54) is 38.5 Å². The van der Waals surface area contributed by atoms with Gasteiger partial charge in [0, 0.05) is 19.2 Å². The van der Waals surface area contributed by atoms with Gasteiger partial charge in [-0.2, -0.15) is 0 Å². The lowest BCUT2D eigenvalue weighted by atomic mass is 9.54. The topological polar surface area (TPSA) is 21.3 Å². The second kappa shape index (κ2) is 4.49. The minimum absolute atomic E-state index is 0.650. The molecule has 5 aliphatic carbocycles. The van der Waals surface area contributed by atoms with Crippen molar-refractivity contribution in [2.75, 3.05) is 13.7 Å². The lowest BCUT2D eigenvalue weighted by molar-refractivity contribution is -0.0225. The third-order valence-electron chi connectivity index (χ3n) is 6.17. The molecule has 1 N–H and O–H groups in total. The summed E-state index contributed by atoms with van der Waals surface area (Å²) in [6, 6.07) is 1.48. The highest BCUT2D eigenvalue weighted by molar-refractivity contribution is 5.03. The maximum Gasteiger partial charge on any atom is 0.0618 e. The predicted molar refractivity (Wildman–Crippen MR) is 72.4 cm³/mol. The van der Waals surface area contributed by atoms with Crippen LogP contribution in [0.25, 0.3) is 0 Å². The summed E-state index contributed by atoms with van der Waals surface area (Å²) in [6.07, 6.45) is 10.5. The molecule has 0 aliphatic heterocycles. The maximum absolute atomic E-state index is 5.44. The number of methoxy groups -OCH3 is 1. The van der Waals surface area contributed by atoms with Crippen molar-refractivity contribution in [2.45, 2.75) is 57.0 Å². The normalized spacial score (nSPS) is 47.5. The smallest absolute Gasteiger partial charge is 0.0618 e. The molecule has 18 heavy (non-hydrogen) atoms. The van der Waals surface area contributed by atoms with Crippen molar-refractivity contribution in [3.63, 3.8) is 0 Å². The summed E-state index contributed by atoms with van der Waals surface area (Å²) in [5.74, 6) is 5.10. The van der Waals surface area contributed by atoms with Gasteiger partial charge < -0.3 is 10.1 Å². The first-order chi connectivity index (χ1) is 8.83. The van der Waals surface area contributed by atoms with Gasteiger partial charge in [0.15, 0.2) is 0 Å². The molecule has 0 amide bonds. The third kappa shape index (κ3) is 2.02. The van der Waals surface area contributed by atoms with Crippen LogP contribution in [0.15, 0.2) is 0 Å². The lowest BCUT2D eigenvalue weighted by Crippen LogP contribution is -2.57. The van der Waals surface area contributed by atoms with Crippen LogP contribution < -0.4 is 5.32 Å². The molecule has 0 saturated heterocycles. The van der Waals surface area contributed by atoms with Gasteiger partial charge in [-0.05, 0) is 74.5 Å². The van der Waals surface area contributed by atoms with Crippen LogP contribution in [-0.4, -0.2) is 25.8 Å². The Kier molecular flexibility index (Phi) is 2.92. The summed E-state index contributed by atoms with van der Waals surface area (Å²) in [6.45, 7) is 0.924. The lowest BCUT2D eigenvalue weighted by Gasteiger charge is -2.55. The first-order valence-electron chi connectivity index (χ1n) is 8.08. The van der Waals surface area contributed by atoms with Crippen molar-refractivity contribution >= 4 is 0 Å². The van der Waals surface area contributed by atoms with Crippen LogP contribution in [0, 0.1) is 29.6 Å². The van der Waals surface area contributed by atoms with E-state index >= 15 is 0 Å². The Balaban J connectivity index is 1.44. The molecule has 1 unspecified atom stereocenters. The van der Waals surface area contributed by atoms with E-state index in [0.717, 1.165) is 42.2 Å². The van der Waals surface area contributed by atoms with E-state index in [-0.39, 0.29) is 0 Å². The SMILES string of the molecule is COCC(NC1C2CC3CC(C2)CC1C3)C1CC1. The molecule has 0 spiro atoms. The van der Waals surface area contributed by atoms with Crippen molar-refractivity contribution in [3.05, 3.63) is 0 Å². The Morgan fingerprint density at radius 1 is 1.00 bits per heavy atom. The fourth-order valence-electron chi connectivity index (χ4n) is 5.44. The summed E-state index contributed by atoms with van der Waals surface area (Å²) in [4.78, 5) is 0. The number of hydrogen-bond donors (Lipinski definition) is 1. The maximum atomic E-state index is 5.44. The van der Waals surface area contributed by atoms with Crippen molar-refractivity contribution < 1.29 is 4.74 Å². The van der Waals surface area contributed by atoms with Crippen LogP contribution in [-0.2, 0) is 4.74 Å². The quantitative estimate of drug-likeness (QED) is 0.809. The summed E-state index contributed by atoms with van der Waals surface area (Å²) in [7, 11) is 1.86. The zero-order valence-corrected chi connectivity index (χ0v) is 11.6. The average Bonchev–Trinajstić information content (AvgIpc) is 3.15. The minimum Gasteiger partial charge on any atom is -0.383 e. The molecule has 2 heteroatoms. The molecule has 5 saturated carbocycles. The summed E-state index contributed by atoms with van der Waals surface area (Å²) in [5, 5.41) is 4.04. The largest absolute Gasteiger partial charge is 0.383 e. The number of hydrogen-bond acceptors (Lipinski definition) is 2. The molecular weight excluding hydrogens is 222 g/mol. The Labute approximate surface area is 111 Å². The highest BCUT2D eigenvalue weighted by Crippen LogP contribution is 2.54. The Morgan fingerprint density at radius 2 is 1.61 bits per heavy atom. The van der Waals surface area contributed by atoms with Crippen molar-refractivity contribution in [3.8, 4) is 0 Å². The van der Waals surface area contributed by atoms with Gasteiger partial charge in [0.25, 0.3) is 0 Å². The second-order valence-corrected chi connectivity index (χ2v) is 7.52. The van der Waals surface area contributed by atoms with E-state index in [1.54, 1.807) is 6.42 Å². The van der Waals surface area contributed by atoms with Crippen molar-refractivity contribution in [1.82, 2.24) is 5.32 Å². The Morgan fingerprint density at radius 3 is 2.11 bits per heavy atom. The molecule has 0 aromatic heterocycles. The van der Waals surface area contributed by atoms with E-state index in [9.17, 15) is 0 Å². The van der Waals surface area contributed by atoms with Crippen LogP contribution in [0.2, 0.25) is 0 Å². The molecule has 1 atom stereocenters. The van der Waals surface area contributed by atoms with E-state index in [1.807, 2.05) is 7.11 Å². The monoisotopic (exact) mass is 249 g/mol. The minimum atomic E-state index is 0.650. The predicted octanol–water partition coefficient (Wildman–Crippen LogP) is 2.83. The van der Waals surface area contributed by atoms with Gasteiger partial charge in [0.2, 0.25) is 0 Å². The second-order valence-electron chi connectivity index (χ2n) is 7.52. The molecular formula is C16H27NO. The van der Waals surface area contributed by atoms with Crippen LogP contribution in [0.1, 0.15) is 44.9 Å². The Hall–Kier alpha value is -0.0800. The zero-order chi connectivity index (χ0) is 12.1. The van der Waals surface area contributed by atoms with Crippen molar-refractivity contribution in [1.29, 1.82) is 0 Å². The zero-order valence-electron chi connectivity index (χ0n) is 11.6. The van der Waals surface area contributed by atoms with Crippen LogP contribution in [0.4, 0.5) is 0 Å². The van der Waals surface area contributed by atoms with Gasteiger partial charge in [0.05, 0.1) is 6.61 Å². The first kappa shape index (κ1) is 11.7. The Bertz CT molecular complexity index is 284. The number of rotatable bonds is 5. The molecule has 0 aromatic carbocycles. The molecule has 5 fully saturated rings. The molecule has 4 bridgehead atoms. The van der Waals surface area contributed by atoms with E-state index in [0.29, 0.717) is 6.04 Å². The first-order valence-corrected chi connectivity index (χ1v) is 8.08. The van der Waals surface area contributed by atoms with Gasteiger partial charge in [-0.1, -0.05) is 0 Å². The van der Waals surface area contributed by atoms with Gasteiger partial charge in [-0.3, -0.25) is 0 Å². The van der Waals surface area contributed by atoms with E-state index < -0.39 is 0 Å². The summed E-state index contributed by atoms with van der Waals surface area (Å²) in [5.41, 5.74) is 0. The molecule has 2 nitrogen and oxygen atoms in total. The van der Waals surface area contributed by atoms with Crippen LogP contribution in [0.3, 0.4) is 0 Å². The standard InChI is InChI=1S/C16H27NO/c1-18-9-15(12-2-3-12)17-16-13-5-10-4-11(7-13)8-14(16)6-10/h10-17H,2-9H2,1H3. The van der Waals surface area contributed by atoms with Crippen molar-refractivity contribution in [2.24, 2.45) is 29.6 Å². The molecule has 0 aromatic rings. The van der Waals surface area contributed by atoms with Gasteiger partial charge in [-0.25, -0.2) is 0 Å². The molecule has 0 radical (unpaired) electrons. The molecule has 5 aliphatic rings. The molecule has 5 rings (SSSR count). The highest BCUT2D eigenvalue weighted by atomic mass is 16.5. The van der Waals surface area contributed by atoms with Crippen LogP contribution >= 0.6 is 0 Å². The van der Waals surface area contributed by atoms with Gasteiger partial charge in [-0.15, -0.1) is 0 Å². The van der Waals surface area contributed by atoms with E-state index in [4.69, 9.17) is 4.74 Å². The fourth-order valence-corrected chi connectivity index (χ4v) is 5.44. The fraction of sp³-hybridized carbons (Fsp3) is 1.00. The van der Waals surface area contributed by atoms with E-state index in [2.05, 4.69) is 5.32 Å². The van der Waals surface area contributed by atoms with Crippen LogP contribution in [0.5, 0.6) is 0 Å². The molecule has 102 valence electrons. The highest BCUT2D eigenvalue weighted by Gasteiger charge is 2.49. The summed E-state index contributed by atoms with van der Waals surface area (Å²) >= 11 is 0. The van der Waals surface area contributed by atoms with Gasteiger partial charge in [0.1, 0.15) is 0 Å². The number of ether oxygens (including phenoxy) is 1. The summed E-state index contributed by atoms with van der Waals surface area (Å²) < 4.78 is 5.44. The average molecular weight is 249 g/mol.